The molecule has 116 valence electrons. The number of likely N-dealkylation sites (tertiary alicyclic amines) is 1. The molecule has 2 amide bonds. The number of carbonyl (C=O) groups is 2. The van der Waals surface area contributed by atoms with Crippen LogP contribution in [0.5, 0.6) is 0 Å². The van der Waals surface area contributed by atoms with E-state index in [1.165, 1.54) is 5.56 Å². The molecule has 0 aliphatic carbocycles. The van der Waals surface area contributed by atoms with Crippen LogP contribution in [-0.4, -0.2) is 36.3 Å². The molecule has 0 atom stereocenters. The van der Waals surface area contributed by atoms with Gasteiger partial charge in [0, 0.05) is 32.0 Å². The molecule has 0 spiro atoms. The van der Waals surface area contributed by atoms with Gasteiger partial charge in [0.05, 0.1) is 0 Å². The Hall–Kier alpha value is -1.36. The number of nitrogens with zero attached hydrogens (tertiary/aromatic N) is 1. The second kappa shape index (κ2) is 8.17. The monoisotopic (exact) mass is 308 g/mol. The van der Waals surface area contributed by atoms with Crippen molar-refractivity contribution >= 4 is 23.2 Å². The van der Waals surface area contributed by atoms with E-state index < -0.39 is 0 Å². The third kappa shape index (κ3) is 4.84. The zero-order valence-corrected chi connectivity index (χ0v) is 13.5. The Labute approximate surface area is 130 Å². The molecule has 1 aliphatic rings. The van der Waals surface area contributed by atoms with Gasteiger partial charge in [0.25, 0.3) is 0 Å². The average molecular weight is 308 g/mol. The van der Waals surface area contributed by atoms with Gasteiger partial charge in [-0.25, -0.2) is 0 Å². The Morgan fingerprint density at radius 3 is 2.76 bits per heavy atom. The van der Waals surface area contributed by atoms with Crippen LogP contribution >= 0.6 is 11.3 Å². The summed E-state index contributed by atoms with van der Waals surface area (Å²) in [6, 6.07) is 2.07. The molecule has 0 aromatic carbocycles. The summed E-state index contributed by atoms with van der Waals surface area (Å²) < 4.78 is 0. The lowest BCUT2D eigenvalue weighted by molar-refractivity contribution is -0.135. The number of amides is 2. The van der Waals surface area contributed by atoms with Gasteiger partial charge in [0.15, 0.2) is 0 Å². The fourth-order valence-electron chi connectivity index (χ4n) is 2.63. The van der Waals surface area contributed by atoms with Crippen LogP contribution in [0.4, 0.5) is 0 Å². The molecule has 4 nitrogen and oxygen atoms in total. The zero-order chi connectivity index (χ0) is 15.1. The van der Waals surface area contributed by atoms with E-state index >= 15 is 0 Å². The Morgan fingerprint density at radius 2 is 2.14 bits per heavy atom. The zero-order valence-electron chi connectivity index (χ0n) is 12.6. The van der Waals surface area contributed by atoms with Crippen molar-refractivity contribution < 1.29 is 9.59 Å². The maximum Gasteiger partial charge on any atom is 0.223 e. The molecule has 2 heterocycles. The summed E-state index contributed by atoms with van der Waals surface area (Å²) in [5, 5.41) is 7.09. The highest BCUT2D eigenvalue weighted by molar-refractivity contribution is 7.07. The maximum atomic E-state index is 12.2. The van der Waals surface area contributed by atoms with Gasteiger partial charge in [-0.2, -0.15) is 11.3 Å². The van der Waals surface area contributed by atoms with Gasteiger partial charge in [0.2, 0.25) is 11.8 Å². The fourth-order valence-corrected chi connectivity index (χ4v) is 3.33. The SMILES string of the molecule is CCCNC(=O)C1CCN(C(=O)CCc2ccsc2)CC1. The van der Waals surface area contributed by atoms with Crippen LogP contribution in [0.3, 0.4) is 0 Å². The van der Waals surface area contributed by atoms with Crippen LogP contribution in [0.15, 0.2) is 16.8 Å². The van der Waals surface area contributed by atoms with Crippen LogP contribution < -0.4 is 5.32 Å². The molecule has 5 heteroatoms. The highest BCUT2D eigenvalue weighted by atomic mass is 32.1. The highest BCUT2D eigenvalue weighted by Gasteiger charge is 2.26. The number of aryl methyl sites for hydroxylation is 1. The van der Waals surface area contributed by atoms with Crippen molar-refractivity contribution in [2.24, 2.45) is 5.92 Å². The third-order valence-electron chi connectivity index (χ3n) is 3.98. The van der Waals surface area contributed by atoms with Gasteiger partial charge in [0.1, 0.15) is 0 Å². The number of nitrogens with one attached hydrogen (secondary N) is 1. The van der Waals surface area contributed by atoms with Gasteiger partial charge in [-0.1, -0.05) is 6.92 Å². The van der Waals surface area contributed by atoms with Crippen molar-refractivity contribution in [3.05, 3.63) is 22.4 Å². The number of piperidine rings is 1. The van der Waals surface area contributed by atoms with E-state index in [-0.39, 0.29) is 17.7 Å². The van der Waals surface area contributed by atoms with Crippen LogP contribution in [0.1, 0.15) is 38.2 Å². The smallest absolute Gasteiger partial charge is 0.223 e. The molecule has 0 radical (unpaired) electrons. The van der Waals surface area contributed by atoms with Crippen molar-refractivity contribution in [2.75, 3.05) is 19.6 Å². The molecule has 1 N–H and O–H groups in total. The minimum absolute atomic E-state index is 0.0810. The van der Waals surface area contributed by atoms with Crippen molar-refractivity contribution in [3.8, 4) is 0 Å². The topological polar surface area (TPSA) is 49.4 Å². The Kier molecular flexibility index (Phi) is 6.23. The fraction of sp³-hybridized carbons (Fsp3) is 0.625. The third-order valence-corrected chi connectivity index (χ3v) is 4.71. The number of hydrogen-bond donors (Lipinski definition) is 1. The maximum absolute atomic E-state index is 12.2. The van der Waals surface area contributed by atoms with E-state index in [1.54, 1.807) is 11.3 Å². The van der Waals surface area contributed by atoms with Crippen molar-refractivity contribution in [3.63, 3.8) is 0 Å². The molecule has 1 aromatic rings. The van der Waals surface area contributed by atoms with Gasteiger partial charge in [-0.05, 0) is 48.1 Å². The number of rotatable bonds is 6. The van der Waals surface area contributed by atoms with Gasteiger partial charge in [-0.15, -0.1) is 0 Å². The molecule has 1 aliphatic heterocycles. The van der Waals surface area contributed by atoms with Crippen LogP contribution in [0.2, 0.25) is 0 Å². The van der Waals surface area contributed by atoms with Crippen LogP contribution in [-0.2, 0) is 16.0 Å². The summed E-state index contributed by atoms with van der Waals surface area (Å²) in [5.74, 6) is 0.452. The first kappa shape index (κ1) is 16.0. The Morgan fingerprint density at radius 1 is 1.38 bits per heavy atom. The van der Waals surface area contributed by atoms with Crippen molar-refractivity contribution in [1.82, 2.24) is 10.2 Å². The largest absolute Gasteiger partial charge is 0.356 e. The quantitative estimate of drug-likeness (QED) is 0.877. The van der Waals surface area contributed by atoms with Crippen LogP contribution in [0, 0.1) is 5.92 Å². The molecule has 0 saturated carbocycles. The van der Waals surface area contributed by atoms with Gasteiger partial charge in [-0.3, -0.25) is 9.59 Å². The second-order valence-corrected chi connectivity index (χ2v) is 6.36. The minimum atomic E-state index is 0.0810. The summed E-state index contributed by atoms with van der Waals surface area (Å²) in [7, 11) is 0. The minimum Gasteiger partial charge on any atom is -0.356 e. The number of hydrogen-bond acceptors (Lipinski definition) is 3. The van der Waals surface area contributed by atoms with Gasteiger partial charge < -0.3 is 10.2 Å². The number of thiophene rings is 1. The summed E-state index contributed by atoms with van der Waals surface area (Å²) >= 11 is 1.67. The summed E-state index contributed by atoms with van der Waals surface area (Å²) in [6.07, 6.45) is 3.94. The first-order valence-electron chi connectivity index (χ1n) is 7.77. The van der Waals surface area contributed by atoms with E-state index in [1.807, 2.05) is 10.3 Å². The molecule has 0 bridgehead atoms. The lowest BCUT2D eigenvalue weighted by Gasteiger charge is -2.31. The molecular weight excluding hydrogens is 284 g/mol. The molecule has 0 unspecified atom stereocenters. The van der Waals surface area contributed by atoms with E-state index in [9.17, 15) is 9.59 Å². The lowest BCUT2D eigenvalue weighted by Crippen LogP contribution is -2.43. The van der Waals surface area contributed by atoms with Crippen LogP contribution in [0.25, 0.3) is 0 Å². The summed E-state index contributed by atoms with van der Waals surface area (Å²) in [4.78, 5) is 26.0. The molecule has 21 heavy (non-hydrogen) atoms. The second-order valence-electron chi connectivity index (χ2n) is 5.58. The summed E-state index contributed by atoms with van der Waals surface area (Å²) in [5.41, 5.74) is 1.24. The first-order chi connectivity index (χ1) is 10.2. The first-order valence-corrected chi connectivity index (χ1v) is 8.71. The van der Waals surface area contributed by atoms with E-state index in [0.29, 0.717) is 19.5 Å². The van der Waals surface area contributed by atoms with Crippen molar-refractivity contribution in [1.29, 1.82) is 0 Å². The lowest BCUT2D eigenvalue weighted by atomic mass is 9.95. The summed E-state index contributed by atoms with van der Waals surface area (Å²) in [6.45, 7) is 4.23. The number of carbonyl (C=O) groups excluding carboxylic acids is 2. The molecular formula is C16H24N2O2S. The van der Waals surface area contributed by atoms with E-state index in [4.69, 9.17) is 0 Å². The standard InChI is InChI=1S/C16H24N2O2S/c1-2-8-17-16(20)14-5-9-18(10-6-14)15(19)4-3-13-7-11-21-12-13/h7,11-12,14H,2-6,8-10H2,1H3,(H,17,20). The Bertz CT molecular complexity index is 451. The molecule has 1 aromatic heterocycles. The van der Waals surface area contributed by atoms with E-state index in [2.05, 4.69) is 23.7 Å². The molecule has 1 saturated heterocycles. The highest BCUT2D eigenvalue weighted by Crippen LogP contribution is 2.19. The predicted octanol–water partition coefficient (Wildman–Crippen LogP) is 2.45. The normalized spacial score (nSPS) is 16.0. The molecule has 1 fully saturated rings. The predicted molar refractivity (Wildman–Crippen MR) is 85.2 cm³/mol. The van der Waals surface area contributed by atoms with Crippen molar-refractivity contribution in [2.45, 2.75) is 39.0 Å². The average Bonchev–Trinajstić information content (AvgIpc) is 3.04. The van der Waals surface area contributed by atoms with Gasteiger partial charge >= 0.3 is 0 Å². The van der Waals surface area contributed by atoms with E-state index in [0.717, 1.165) is 32.2 Å². The Balaban J connectivity index is 1.70. The molecule has 2 rings (SSSR count).